The van der Waals surface area contributed by atoms with E-state index in [4.69, 9.17) is 0 Å². The van der Waals surface area contributed by atoms with Gasteiger partial charge in [-0.05, 0) is 30.5 Å². The molecule has 17 heavy (non-hydrogen) atoms. The Bertz CT molecular complexity index is 625. The lowest BCUT2D eigenvalue weighted by molar-refractivity contribution is 1.15. The van der Waals surface area contributed by atoms with Gasteiger partial charge in [-0.1, -0.05) is 6.07 Å². The molecule has 0 aliphatic rings. The molecular weight excluding hydrogens is 230 g/mol. The van der Waals surface area contributed by atoms with Crippen LogP contribution in [-0.2, 0) is 0 Å². The van der Waals surface area contributed by atoms with E-state index in [-0.39, 0.29) is 0 Å². The first-order chi connectivity index (χ1) is 8.36. The topological polar surface area (TPSA) is 29.3 Å². The number of pyridine rings is 1. The van der Waals surface area contributed by atoms with Crippen molar-refractivity contribution < 1.29 is 0 Å². The van der Waals surface area contributed by atoms with E-state index in [1.807, 2.05) is 12.1 Å². The SMILES string of the molecule is CCNc1ccc2nc(-c3cccs3)cn2c1. The third-order valence-corrected chi connectivity index (χ3v) is 3.50. The number of anilines is 1. The van der Waals surface area contributed by atoms with Crippen molar-refractivity contribution in [3.63, 3.8) is 0 Å². The summed E-state index contributed by atoms with van der Waals surface area (Å²) in [6.07, 6.45) is 4.14. The van der Waals surface area contributed by atoms with Gasteiger partial charge in [0.05, 0.1) is 16.3 Å². The van der Waals surface area contributed by atoms with Crippen LogP contribution in [0.2, 0.25) is 0 Å². The Morgan fingerprint density at radius 3 is 3.00 bits per heavy atom. The van der Waals surface area contributed by atoms with Crippen molar-refractivity contribution in [2.45, 2.75) is 6.92 Å². The van der Waals surface area contributed by atoms with Gasteiger partial charge in [0.15, 0.2) is 0 Å². The minimum absolute atomic E-state index is 0.929. The van der Waals surface area contributed by atoms with Gasteiger partial charge in [-0.3, -0.25) is 0 Å². The van der Waals surface area contributed by atoms with Gasteiger partial charge in [-0.2, -0.15) is 0 Å². The monoisotopic (exact) mass is 243 g/mol. The Hall–Kier alpha value is -1.81. The van der Waals surface area contributed by atoms with E-state index in [2.05, 4.69) is 51.5 Å². The highest BCUT2D eigenvalue weighted by molar-refractivity contribution is 7.13. The number of nitrogens with zero attached hydrogens (tertiary/aromatic N) is 2. The highest BCUT2D eigenvalue weighted by Gasteiger charge is 2.05. The molecule has 1 N–H and O–H groups in total. The zero-order chi connectivity index (χ0) is 11.7. The molecule has 0 aliphatic carbocycles. The smallest absolute Gasteiger partial charge is 0.137 e. The van der Waals surface area contributed by atoms with Crippen LogP contribution in [0.3, 0.4) is 0 Å². The third kappa shape index (κ3) is 1.91. The summed E-state index contributed by atoms with van der Waals surface area (Å²) in [5.41, 5.74) is 3.14. The number of hydrogen-bond acceptors (Lipinski definition) is 3. The zero-order valence-electron chi connectivity index (χ0n) is 9.55. The maximum atomic E-state index is 4.60. The van der Waals surface area contributed by atoms with E-state index in [9.17, 15) is 0 Å². The van der Waals surface area contributed by atoms with Crippen molar-refractivity contribution >= 4 is 22.7 Å². The van der Waals surface area contributed by atoms with E-state index in [1.54, 1.807) is 11.3 Å². The molecule has 0 bridgehead atoms. The van der Waals surface area contributed by atoms with Crippen LogP contribution in [0, 0.1) is 0 Å². The number of aromatic nitrogens is 2. The molecule has 86 valence electrons. The summed E-state index contributed by atoms with van der Waals surface area (Å²) in [5.74, 6) is 0. The molecule has 0 saturated carbocycles. The summed E-state index contributed by atoms with van der Waals surface area (Å²) >= 11 is 1.71. The lowest BCUT2D eigenvalue weighted by Crippen LogP contribution is -1.97. The summed E-state index contributed by atoms with van der Waals surface area (Å²) in [5, 5.41) is 5.37. The molecule has 0 unspecified atom stereocenters. The highest BCUT2D eigenvalue weighted by atomic mass is 32.1. The van der Waals surface area contributed by atoms with Crippen molar-refractivity contribution in [1.82, 2.24) is 9.38 Å². The summed E-state index contributed by atoms with van der Waals surface area (Å²) in [4.78, 5) is 5.81. The average Bonchev–Trinajstić information content (AvgIpc) is 2.97. The van der Waals surface area contributed by atoms with Crippen LogP contribution < -0.4 is 5.32 Å². The second kappa shape index (κ2) is 4.22. The Balaban J connectivity index is 2.07. The first-order valence-electron chi connectivity index (χ1n) is 5.63. The molecule has 0 amide bonds. The molecule has 3 nitrogen and oxygen atoms in total. The zero-order valence-corrected chi connectivity index (χ0v) is 10.4. The van der Waals surface area contributed by atoms with Crippen LogP contribution in [0.4, 0.5) is 5.69 Å². The molecule has 3 aromatic rings. The second-order valence-corrected chi connectivity index (χ2v) is 4.76. The van der Waals surface area contributed by atoms with Gasteiger partial charge in [-0.25, -0.2) is 4.98 Å². The Labute approximate surface area is 104 Å². The average molecular weight is 243 g/mol. The largest absolute Gasteiger partial charge is 0.384 e. The molecule has 3 heterocycles. The van der Waals surface area contributed by atoms with E-state index in [0.717, 1.165) is 23.6 Å². The quantitative estimate of drug-likeness (QED) is 0.763. The number of fused-ring (bicyclic) bond motifs is 1. The standard InChI is InChI=1S/C13H13N3S/c1-2-14-10-5-6-13-15-11(9-16(13)8-10)12-4-3-7-17-12/h3-9,14H,2H2,1H3. The highest BCUT2D eigenvalue weighted by Crippen LogP contribution is 2.24. The molecule has 0 radical (unpaired) electrons. The summed E-state index contributed by atoms with van der Waals surface area (Å²) in [7, 11) is 0. The molecule has 0 aliphatic heterocycles. The Morgan fingerprint density at radius 2 is 2.24 bits per heavy atom. The van der Waals surface area contributed by atoms with Gasteiger partial charge in [-0.15, -0.1) is 11.3 Å². The van der Waals surface area contributed by atoms with E-state index in [0.29, 0.717) is 0 Å². The predicted molar refractivity (Wildman–Crippen MR) is 72.7 cm³/mol. The van der Waals surface area contributed by atoms with Gasteiger partial charge in [0.25, 0.3) is 0 Å². The molecule has 4 heteroatoms. The van der Waals surface area contributed by atoms with Crippen LogP contribution in [0.1, 0.15) is 6.92 Å². The van der Waals surface area contributed by atoms with E-state index >= 15 is 0 Å². The Morgan fingerprint density at radius 1 is 1.29 bits per heavy atom. The van der Waals surface area contributed by atoms with Crippen LogP contribution in [-0.4, -0.2) is 15.9 Å². The molecule has 3 rings (SSSR count). The maximum absolute atomic E-state index is 4.60. The minimum atomic E-state index is 0.929. The van der Waals surface area contributed by atoms with E-state index in [1.165, 1.54) is 4.88 Å². The van der Waals surface area contributed by atoms with Crippen molar-refractivity contribution in [1.29, 1.82) is 0 Å². The van der Waals surface area contributed by atoms with Gasteiger partial charge in [0, 0.05) is 18.9 Å². The molecule has 0 saturated heterocycles. The molecule has 0 aromatic carbocycles. The third-order valence-electron chi connectivity index (χ3n) is 2.61. The van der Waals surface area contributed by atoms with Gasteiger partial charge in [0.1, 0.15) is 5.65 Å². The van der Waals surface area contributed by atoms with Crippen LogP contribution in [0.25, 0.3) is 16.2 Å². The van der Waals surface area contributed by atoms with Gasteiger partial charge in [0.2, 0.25) is 0 Å². The molecular formula is C13H13N3S. The second-order valence-electron chi connectivity index (χ2n) is 3.82. The number of imidazole rings is 1. The Kier molecular flexibility index (Phi) is 2.57. The molecule has 0 atom stereocenters. The normalized spacial score (nSPS) is 10.9. The van der Waals surface area contributed by atoms with Crippen molar-refractivity contribution in [3.8, 4) is 10.6 Å². The molecule has 3 aromatic heterocycles. The molecule has 0 spiro atoms. The van der Waals surface area contributed by atoms with Crippen LogP contribution >= 0.6 is 11.3 Å². The number of rotatable bonds is 3. The summed E-state index contributed by atoms with van der Waals surface area (Å²) < 4.78 is 2.06. The van der Waals surface area contributed by atoms with Crippen molar-refractivity contribution in [3.05, 3.63) is 42.0 Å². The number of nitrogens with one attached hydrogen (secondary N) is 1. The first-order valence-corrected chi connectivity index (χ1v) is 6.51. The minimum Gasteiger partial charge on any atom is -0.384 e. The lowest BCUT2D eigenvalue weighted by Gasteiger charge is -2.02. The number of hydrogen-bond donors (Lipinski definition) is 1. The predicted octanol–water partition coefficient (Wildman–Crippen LogP) is 3.49. The van der Waals surface area contributed by atoms with Crippen LogP contribution in [0.5, 0.6) is 0 Å². The van der Waals surface area contributed by atoms with Crippen LogP contribution in [0.15, 0.2) is 42.0 Å². The first kappa shape index (κ1) is 10.4. The fourth-order valence-electron chi connectivity index (χ4n) is 1.84. The fourth-order valence-corrected chi connectivity index (χ4v) is 2.52. The van der Waals surface area contributed by atoms with E-state index < -0.39 is 0 Å². The van der Waals surface area contributed by atoms with Crippen molar-refractivity contribution in [2.24, 2.45) is 0 Å². The lowest BCUT2D eigenvalue weighted by atomic mass is 10.4. The maximum Gasteiger partial charge on any atom is 0.137 e. The number of thiophene rings is 1. The van der Waals surface area contributed by atoms with Gasteiger partial charge >= 0.3 is 0 Å². The summed E-state index contributed by atoms with van der Waals surface area (Å²) in [6, 6.07) is 8.24. The van der Waals surface area contributed by atoms with Gasteiger partial charge < -0.3 is 9.72 Å². The fraction of sp³-hybridized carbons (Fsp3) is 0.154. The van der Waals surface area contributed by atoms with Crippen molar-refractivity contribution in [2.75, 3.05) is 11.9 Å². The molecule has 0 fully saturated rings. The summed E-state index contributed by atoms with van der Waals surface area (Å²) in [6.45, 7) is 3.02.